The average Bonchev–Trinajstić information content (AvgIpc) is 2.96. The number of nitrogens with zero attached hydrogens (tertiary/aromatic N) is 4. The monoisotopic (exact) mass is 291 g/mol. The summed E-state index contributed by atoms with van der Waals surface area (Å²) in [7, 11) is 0. The van der Waals surface area contributed by atoms with Crippen LogP contribution in [0.5, 0.6) is 0 Å². The molecule has 7 nitrogen and oxygen atoms in total. The first-order valence-electron chi connectivity index (χ1n) is 7.63. The van der Waals surface area contributed by atoms with Gasteiger partial charge in [-0.05, 0) is 19.8 Å². The minimum atomic E-state index is -0.682. The van der Waals surface area contributed by atoms with E-state index in [0.29, 0.717) is 13.1 Å². The van der Waals surface area contributed by atoms with Crippen LogP contribution in [0.1, 0.15) is 44.9 Å². The molecule has 1 aromatic heterocycles. The number of hydrogen-bond acceptors (Lipinski definition) is 4. The molecule has 1 saturated heterocycles. The molecule has 1 aliphatic carbocycles. The van der Waals surface area contributed by atoms with E-state index in [1.807, 2.05) is 6.92 Å². The minimum Gasteiger partial charge on any atom is -0.345 e. The number of rotatable bonds is 3. The predicted octanol–water partition coefficient (Wildman–Crippen LogP) is 0.459. The van der Waals surface area contributed by atoms with Crippen LogP contribution in [0.3, 0.4) is 0 Å². The Morgan fingerprint density at radius 3 is 2.76 bits per heavy atom. The molecule has 2 aliphatic rings. The van der Waals surface area contributed by atoms with Crippen LogP contribution < -0.4 is 5.32 Å². The molecule has 1 N–H and O–H groups in total. The van der Waals surface area contributed by atoms with Crippen molar-refractivity contribution < 1.29 is 9.59 Å². The van der Waals surface area contributed by atoms with E-state index >= 15 is 0 Å². The Kier molecular flexibility index (Phi) is 3.65. The van der Waals surface area contributed by atoms with Gasteiger partial charge in [-0.3, -0.25) is 9.59 Å². The third-order valence-corrected chi connectivity index (χ3v) is 4.62. The normalized spacial score (nSPS) is 21.7. The lowest BCUT2D eigenvalue weighted by Gasteiger charge is -2.47. The summed E-state index contributed by atoms with van der Waals surface area (Å²) in [5.41, 5.74) is -0.682. The summed E-state index contributed by atoms with van der Waals surface area (Å²) < 4.78 is 1.77. The molecule has 1 saturated carbocycles. The van der Waals surface area contributed by atoms with Gasteiger partial charge in [0.05, 0.1) is 13.1 Å². The van der Waals surface area contributed by atoms with Crippen molar-refractivity contribution in [3.05, 3.63) is 12.2 Å². The lowest BCUT2D eigenvalue weighted by molar-refractivity contribution is -0.157. The van der Waals surface area contributed by atoms with Crippen LogP contribution in [-0.2, 0) is 22.7 Å². The van der Waals surface area contributed by atoms with Gasteiger partial charge in [0.25, 0.3) is 0 Å². The molecule has 7 heteroatoms. The lowest BCUT2D eigenvalue weighted by Crippen LogP contribution is -2.67. The molecular weight excluding hydrogens is 270 g/mol. The fraction of sp³-hybridized carbons (Fsp3) is 0.714. The summed E-state index contributed by atoms with van der Waals surface area (Å²) in [5.74, 6) is 0.706. The van der Waals surface area contributed by atoms with Crippen LogP contribution in [-0.4, -0.2) is 43.6 Å². The summed E-state index contributed by atoms with van der Waals surface area (Å²) >= 11 is 0. The maximum Gasteiger partial charge on any atom is 0.246 e. The van der Waals surface area contributed by atoms with E-state index in [2.05, 4.69) is 15.4 Å². The van der Waals surface area contributed by atoms with Crippen LogP contribution in [0.25, 0.3) is 0 Å². The van der Waals surface area contributed by atoms with E-state index in [-0.39, 0.29) is 18.4 Å². The molecule has 2 heterocycles. The Morgan fingerprint density at radius 1 is 1.29 bits per heavy atom. The van der Waals surface area contributed by atoms with Crippen LogP contribution >= 0.6 is 0 Å². The number of carbonyl (C=O) groups is 2. The second kappa shape index (κ2) is 5.46. The summed E-state index contributed by atoms with van der Waals surface area (Å²) in [6.07, 6.45) is 6.08. The highest BCUT2D eigenvalue weighted by Crippen LogP contribution is 2.36. The smallest absolute Gasteiger partial charge is 0.246 e. The molecule has 0 radical (unpaired) electrons. The van der Waals surface area contributed by atoms with Crippen LogP contribution in [0.15, 0.2) is 6.33 Å². The quantitative estimate of drug-likeness (QED) is 0.877. The molecule has 1 aromatic rings. The van der Waals surface area contributed by atoms with Gasteiger partial charge in [0.1, 0.15) is 17.7 Å². The van der Waals surface area contributed by atoms with Crippen molar-refractivity contribution in [2.24, 2.45) is 0 Å². The van der Waals surface area contributed by atoms with Gasteiger partial charge < -0.3 is 10.2 Å². The molecule has 0 unspecified atom stereocenters. The summed E-state index contributed by atoms with van der Waals surface area (Å²) in [4.78, 5) is 30.8. The summed E-state index contributed by atoms with van der Waals surface area (Å²) in [6, 6.07) is 0. The molecule has 0 atom stereocenters. The average molecular weight is 291 g/mol. The second-order valence-electron chi connectivity index (χ2n) is 5.75. The van der Waals surface area contributed by atoms with Crippen molar-refractivity contribution in [1.82, 2.24) is 25.0 Å². The molecular formula is C14H21N5O2. The first-order chi connectivity index (χ1) is 10.2. The first kappa shape index (κ1) is 14.0. The zero-order valence-corrected chi connectivity index (χ0v) is 12.3. The van der Waals surface area contributed by atoms with Gasteiger partial charge in [0.15, 0.2) is 0 Å². The minimum absolute atomic E-state index is 0.00985. The number of piperazine rings is 1. The van der Waals surface area contributed by atoms with Crippen LogP contribution in [0.2, 0.25) is 0 Å². The zero-order valence-electron chi connectivity index (χ0n) is 12.3. The standard InChI is InChI=1S/C14H21N5O2/c1-2-19-11(16-10-17-19)9-18-12(20)8-15-13(21)14(18)6-4-3-5-7-14/h10H,2-9H2,1H3,(H,15,21). The topological polar surface area (TPSA) is 80.1 Å². The first-order valence-corrected chi connectivity index (χ1v) is 7.63. The van der Waals surface area contributed by atoms with Gasteiger partial charge in [-0.15, -0.1) is 0 Å². The highest BCUT2D eigenvalue weighted by atomic mass is 16.2. The Hall–Kier alpha value is -1.92. The van der Waals surface area contributed by atoms with Gasteiger partial charge in [-0.2, -0.15) is 5.10 Å². The molecule has 2 fully saturated rings. The van der Waals surface area contributed by atoms with Gasteiger partial charge in [-0.25, -0.2) is 9.67 Å². The fourth-order valence-electron chi connectivity index (χ4n) is 3.47. The molecule has 0 aromatic carbocycles. The van der Waals surface area contributed by atoms with Crippen molar-refractivity contribution in [3.8, 4) is 0 Å². The molecule has 3 rings (SSSR count). The Balaban J connectivity index is 1.91. The highest BCUT2D eigenvalue weighted by molar-refractivity contribution is 5.98. The van der Waals surface area contributed by atoms with Gasteiger partial charge >= 0.3 is 0 Å². The SMILES string of the molecule is CCn1ncnc1CN1C(=O)CNC(=O)C12CCCCC2. The Bertz CT molecular complexity index is 547. The van der Waals surface area contributed by atoms with Gasteiger partial charge in [0.2, 0.25) is 11.8 Å². The van der Waals surface area contributed by atoms with Gasteiger partial charge in [-0.1, -0.05) is 19.3 Å². The van der Waals surface area contributed by atoms with Crippen molar-refractivity contribution in [2.75, 3.05) is 6.54 Å². The van der Waals surface area contributed by atoms with Crippen molar-refractivity contribution in [1.29, 1.82) is 0 Å². The van der Waals surface area contributed by atoms with E-state index in [4.69, 9.17) is 0 Å². The molecule has 0 bridgehead atoms. The molecule has 1 aliphatic heterocycles. The maximum atomic E-state index is 12.5. The van der Waals surface area contributed by atoms with E-state index in [1.54, 1.807) is 9.58 Å². The van der Waals surface area contributed by atoms with E-state index in [1.165, 1.54) is 6.33 Å². The number of carbonyl (C=O) groups excluding carboxylic acids is 2. The number of aromatic nitrogens is 3. The Labute approximate surface area is 123 Å². The zero-order chi connectivity index (χ0) is 14.9. The van der Waals surface area contributed by atoms with E-state index in [9.17, 15) is 9.59 Å². The van der Waals surface area contributed by atoms with Crippen molar-refractivity contribution in [3.63, 3.8) is 0 Å². The lowest BCUT2D eigenvalue weighted by atomic mass is 9.78. The third kappa shape index (κ3) is 2.30. The predicted molar refractivity (Wildman–Crippen MR) is 75.1 cm³/mol. The second-order valence-corrected chi connectivity index (χ2v) is 5.75. The van der Waals surface area contributed by atoms with Gasteiger partial charge in [0, 0.05) is 6.54 Å². The summed E-state index contributed by atoms with van der Waals surface area (Å²) in [5, 5.41) is 6.90. The molecule has 2 amide bonds. The third-order valence-electron chi connectivity index (χ3n) is 4.62. The molecule has 1 spiro atoms. The van der Waals surface area contributed by atoms with E-state index < -0.39 is 5.54 Å². The van der Waals surface area contributed by atoms with E-state index in [0.717, 1.165) is 37.9 Å². The van der Waals surface area contributed by atoms with Crippen molar-refractivity contribution >= 4 is 11.8 Å². The Morgan fingerprint density at radius 2 is 2.05 bits per heavy atom. The molecule has 21 heavy (non-hydrogen) atoms. The van der Waals surface area contributed by atoms with Crippen LogP contribution in [0, 0.1) is 0 Å². The van der Waals surface area contributed by atoms with Crippen LogP contribution in [0.4, 0.5) is 0 Å². The largest absolute Gasteiger partial charge is 0.345 e. The number of amides is 2. The maximum absolute atomic E-state index is 12.5. The number of hydrogen-bond donors (Lipinski definition) is 1. The fourth-order valence-corrected chi connectivity index (χ4v) is 3.47. The van der Waals surface area contributed by atoms with Crippen molar-refractivity contribution in [2.45, 2.75) is 57.7 Å². The summed E-state index contributed by atoms with van der Waals surface area (Å²) in [6.45, 7) is 3.14. The number of aryl methyl sites for hydroxylation is 1. The highest BCUT2D eigenvalue weighted by Gasteiger charge is 2.49. The number of nitrogens with one attached hydrogen (secondary N) is 1. The molecule has 114 valence electrons.